The molecule has 1 N–H and O–H groups in total. The third-order valence-corrected chi connectivity index (χ3v) is 5.23. The quantitative estimate of drug-likeness (QED) is 0.770. The zero-order chi connectivity index (χ0) is 18.7. The number of carbonyl (C=O) groups excluding carboxylic acids is 1. The second-order valence-electron chi connectivity index (χ2n) is 6.49. The fourth-order valence-electron chi connectivity index (χ4n) is 1.92. The van der Waals surface area contributed by atoms with Gasteiger partial charge >= 0.3 is 5.97 Å². The van der Waals surface area contributed by atoms with Crippen LogP contribution >= 0.6 is 11.6 Å². The Hall–Kier alpha value is -1.15. The Morgan fingerprint density at radius 2 is 1.83 bits per heavy atom. The smallest absolute Gasteiger partial charge is 0.326 e. The number of hydrogen-bond acceptors (Lipinski definition) is 5. The van der Waals surface area contributed by atoms with E-state index < -0.39 is 27.6 Å². The lowest BCUT2D eigenvalue weighted by Crippen LogP contribution is -2.46. The van der Waals surface area contributed by atoms with Crippen LogP contribution in [0.4, 0.5) is 0 Å². The summed E-state index contributed by atoms with van der Waals surface area (Å²) in [4.78, 5) is 12.0. The lowest BCUT2D eigenvalue weighted by atomic mass is 10.2. The zero-order valence-electron chi connectivity index (χ0n) is 14.8. The lowest BCUT2D eigenvalue weighted by molar-refractivity contribution is -0.145. The molecule has 0 aliphatic heterocycles. The third kappa shape index (κ3) is 5.73. The first-order chi connectivity index (χ1) is 10.9. The number of hydrogen-bond donors (Lipinski definition) is 1. The highest BCUT2D eigenvalue weighted by Gasteiger charge is 2.29. The van der Waals surface area contributed by atoms with Gasteiger partial charge in [0.1, 0.15) is 6.04 Å². The van der Waals surface area contributed by atoms with E-state index in [4.69, 9.17) is 16.3 Å². The van der Waals surface area contributed by atoms with E-state index >= 15 is 0 Å². The minimum Gasteiger partial charge on any atom is -0.468 e. The Morgan fingerprint density at radius 1 is 1.25 bits per heavy atom. The van der Waals surface area contributed by atoms with Crippen molar-refractivity contribution in [3.05, 3.63) is 28.3 Å². The van der Waals surface area contributed by atoms with Crippen molar-refractivity contribution in [3.63, 3.8) is 0 Å². The molecule has 8 heteroatoms. The van der Waals surface area contributed by atoms with Gasteiger partial charge in [0.25, 0.3) is 0 Å². The van der Waals surface area contributed by atoms with Crippen LogP contribution < -0.4 is 4.72 Å². The van der Waals surface area contributed by atoms with Gasteiger partial charge in [0.05, 0.1) is 24.2 Å². The summed E-state index contributed by atoms with van der Waals surface area (Å²) >= 11 is 6.01. The van der Waals surface area contributed by atoms with Gasteiger partial charge in [-0.25, -0.2) is 8.42 Å². The molecule has 1 atom stereocenters. The van der Waals surface area contributed by atoms with Crippen molar-refractivity contribution in [1.82, 2.24) is 4.72 Å². The molecule has 0 aliphatic carbocycles. The number of halogens is 1. The van der Waals surface area contributed by atoms with E-state index in [0.717, 1.165) is 0 Å². The monoisotopic (exact) mass is 377 g/mol. The van der Waals surface area contributed by atoms with Gasteiger partial charge in [-0.2, -0.15) is 4.72 Å². The Morgan fingerprint density at radius 3 is 2.33 bits per heavy atom. The van der Waals surface area contributed by atoms with Crippen molar-refractivity contribution < 1.29 is 22.7 Å². The minimum absolute atomic E-state index is 0.0639. The minimum atomic E-state index is -3.94. The standard InChI is InChI=1S/C16H24ClNO5S/c1-10-8-14(11(2)7-12(10)17)24(20,21)18-13(15(19)22-6)9-23-16(3,4)5/h7-8,13,18H,9H2,1-6H3. The Kier molecular flexibility index (Phi) is 6.81. The molecule has 1 unspecified atom stereocenters. The van der Waals surface area contributed by atoms with Crippen molar-refractivity contribution in [2.45, 2.75) is 51.2 Å². The number of esters is 1. The zero-order valence-corrected chi connectivity index (χ0v) is 16.3. The van der Waals surface area contributed by atoms with E-state index in [-0.39, 0.29) is 11.5 Å². The SMILES string of the molecule is COC(=O)C(COC(C)(C)C)NS(=O)(=O)c1cc(C)c(Cl)cc1C. The summed E-state index contributed by atoms with van der Waals surface area (Å²) in [6, 6.07) is 1.90. The van der Waals surface area contributed by atoms with Crippen molar-refractivity contribution in [2.24, 2.45) is 0 Å². The molecule has 136 valence electrons. The van der Waals surface area contributed by atoms with E-state index in [0.29, 0.717) is 16.1 Å². The molecular formula is C16H24ClNO5S. The van der Waals surface area contributed by atoms with E-state index in [1.165, 1.54) is 13.2 Å². The van der Waals surface area contributed by atoms with Crippen LogP contribution in [0, 0.1) is 13.8 Å². The predicted octanol–water partition coefficient (Wildman–Crippen LogP) is 2.59. The Balaban J connectivity index is 3.11. The number of benzene rings is 1. The molecule has 0 aliphatic rings. The topological polar surface area (TPSA) is 81.7 Å². The number of nitrogens with one attached hydrogen (secondary N) is 1. The van der Waals surface area contributed by atoms with E-state index in [1.807, 2.05) is 20.8 Å². The van der Waals surface area contributed by atoms with Crippen LogP contribution in [-0.4, -0.2) is 39.7 Å². The van der Waals surface area contributed by atoms with Crippen LogP contribution in [0.2, 0.25) is 5.02 Å². The molecule has 0 aromatic heterocycles. The van der Waals surface area contributed by atoms with Gasteiger partial charge in [-0.05, 0) is 57.9 Å². The number of aryl methyl sites for hydroxylation is 2. The first-order valence-electron chi connectivity index (χ1n) is 7.38. The number of ether oxygens (including phenoxy) is 2. The molecule has 6 nitrogen and oxygen atoms in total. The van der Waals surface area contributed by atoms with Gasteiger partial charge in [0.2, 0.25) is 10.0 Å². The summed E-state index contributed by atoms with van der Waals surface area (Å²) in [6.45, 7) is 8.63. The second kappa shape index (κ2) is 7.82. The maximum atomic E-state index is 12.7. The summed E-state index contributed by atoms with van der Waals surface area (Å²) < 4.78 is 37.8. The maximum Gasteiger partial charge on any atom is 0.326 e. The van der Waals surface area contributed by atoms with Crippen molar-refractivity contribution in [3.8, 4) is 0 Å². The molecule has 0 spiro atoms. The van der Waals surface area contributed by atoms with Crippen molar-refractivity contribution in [1.29, 1.82) is 0 Å². The Bertz CT molecular complexity index is 710. The molecular weight excluding hydrogens is 354 g/mol. The molecule has 0 amide bonds. The fourth-order valence-corrected chi connectivity index (χ4v) is 3.62. The number of rotatable bonds is 6. The third-order valence-electron chi connectivity index (χ3n) is 3.21. The molecule has 0 bridgehead atoms. The highest BCUT2D eigenvalue weighted by molar-refractivity contribution is 7.89. The van der Waals surface area contributed by atoms with Crippen LogP contribution in [0.5, 0.6) is 0 Å². The van der Waals surface area contributed by atoms with E-state index in [9.17, 15) is 13.2 Å². The highest BCUT2D eigenvalue weighted by atomic mass is 35.5. The fraction of sp³-hybridized carbons (Fsp3) is 0.562. The van der Waals surface area contributed by atoms with Gasteiger partial charge in [-0.15, -0.1) is 0 Å². The van der Waals surface area contributed by atoms with Gasteiger partial charge in [0.15, 0.2) is 0 Å². The van der Waals surface area contributed by atoms with E-state index in [1.54, 1.807) is 19.9 Å². The molecule has 1 aromatic rings. The van der Waals surface area contributed by atoms with Gasteiger partial charge in [-0.1, -0.05) is 11.6 Å². The van der Waals surface area contributed by atoms with Crippen LogP contribution in [0.3, 0.4) is 0 Å². The molecule has 0 radical (unpaired) electrons. The largest absolute Gasteiger partial charge is 0.468 e. The Labute approximate surface area is 148 Å². The average Bonchev–Trinajstić information content (AvgIpc) is 2.45. The summed E-state index contributed by atoms with van der Waals surface area (Å²) in [7, 11) is -2.75. The second-order valence-corrected chi connectivity index (χ2v) is 8.58. The number of carbonyl (C=O) groups is 1. The van der Waals surface area contributed by atoms with Crippen molar-refractivity contribution in [2.75, 3.05) is 13.7 Å². The van der Waals surface area contributed by atoms with Crippen LogP contribution in [-0.2, 0) is 24.3 Å². The van der Waals surface area contributed by atoms with Gasteiger partial charge in [-0.3, -0.25) is 4.79 Å². The number of sulfonamides is 1. The normalized spacial score (nSPS) is 13.6. The lowest BCUT2D eigenvalue weighted by Gasteiger charge is -2.24. The summed E-state index contributed by atoms with van der Waals surface area (Å²) in [5.41, 5.74) is 0.589. The van der Waals surface area contributed by atoms with Crippen LogP contribution in [0.1, 0.15) is 31.9 Å². The first-order valence-corrected chi connectivity index (χ1v) is 9.24. The molecule has 1 rings (SSSR count). The molecule has 1 aromatic carbocycles. The van der Waals surface area contributed by atoms with Gasteiger partial charge < -0.3 is 9.47 Å². The number of methoxy groups -OCH3 is 1. The van der Waals surface area contributed by atoms with Crippen LogP contribution in [0.15, 0.2) is 17.0 Å². The predicted molar refractivity (Wildman–Crippen MR) is 92.8 cm³/mol. The molecule has 0 fully saturated rings. The first kappa shape index (κ1) is 20.9. The summed E-state index contributed by atoms with van der Waals surface area (Å²) in [5.74, 6) is -0.717. The molecule has 0 saturated carbocycles. The van der Waals surface area contributed by atoms with Gasteiger partial charge in [0, 0.05) is 5.02 Å². The highest BCUT2D eigenvalue weighted by Crippen LogP contribution is 2.24. The summed E-state index contributed by atoms with van der Waals surface area (Å²) in [5, 5.41) is 0.479. The van der Waals surface area contributed by atoms with Crippen LogP contribution in [0.25, 0.3) is 0 Å². The average molecular weight is 378 g/mol. The molecule has 24 heavy (non-hydrogen) atoms. The van der Waals surface area contributed by atoms with E-state index in [2.05, 4.69) is 9.46 Å². The molecule has 0 heterocycles. The summed E-state index contributed by atoms with van der Waals surface area (Å²) in [6.07, 6.45) is 0. The van der Waals surface area contributed by atoms with Crippen molar-refractivity contribution >= 4 is 27.6 Å². The maximum absolute atomic E-state index is 12.7. The molecule has 0 saturated heterocycles.